The van der Waals surface area contributed by atoms with E-state index in [1.165, 1.54) is 0 Å². The first kappa shape index (κ1) is 15.9. The molecule has 0 atom stereocenters. The summed E-state index contributed by atoms with van der Waals surface area (Å²) in [5, 5.41) is 17.4. The van der Waals surface area contributed by atoms with Crippen molar-refractivity contribution in [3.63, 3.8) is 0 Å². The van der Waals surface area contributed by atoms with Crippen molar-refractivity contribution in [2.45, 2.75) is 6.54 Å². The van der Waals surface area contributed by atoms with E-state index in [9.17, 15) is 0 Å². The zero-order valence-electron chi connectivity index (χ0n) is 13.0. The SMILES string of the molecule is COc1ccc(-n2ccc(CNc3ccc(Cl)cc3C#N)n2)cc1. The van der Waals surface area contributed by atoms with Gasteiger partial charge >= 0.3 is 0 Å². The highest BCUT2D eigenvalue weighted by atomic mass is 35.5. The normalized spacial score (nSPS) is 10.2. The summed E-state index contributed by atoms with van der Waals surface area (Å²) in [7, 11) is 1.64. The molecule has 3 rings (SSSR count). The molecule has 0 fully saturated rings. The number of nitrogens with zero attached hydrogens (tertiary/aromatic N) is 3. The fourth-order valence-electron chi connectivity index (χ4n) is 2.28. The third-order valence-corrected chi connectivity index (χ3v) is 3.78. The molecule has 6 heteroatoms. The Bertz CT molecular complexity index is 881. The van der Waals surface area contributed by atoms with Crippen molar-refractivity contribution in [1.82, 2.24) is 9.78 Å². The maximum absolute atomic E-state index is 9.16. The van der Waals surface area contributed by atoms with E-state index in [1.807, 2.05) is 36.5 Å². The number of hydrogen-bond donors (Lipinski definition) is 1. The quantitative estimate of drug-likeness (QED) is 0.763. The summed E-state index contributed by atoms with van der Waals surface area (Å²) in [6, 6.07) is 16.9. The molecule has 3 aromatic rings. The zero-order valence-corrected chi connectivity index (χ0v) is 13.8. The van der Waals surface area contributed by atoms with Gasteiger partial charge in [0.15, 0.2) is 0 Å². The molecule has 0 radical (unpaired) electrons. The van der Waals surface area contributed by atoms with Crippen molar-refractivity contribution in [2.75, 3.05) is 12.4 Å². The molecule has 2 aromatic carbocycles. The van der Waals surface area contributed by atoms with Crippen LogP contribution in [0.3, 0.4) is 0 Å². The molecule has 1 aromatic heterocycles. The van der Waals surface area contributed by atoms with Crippen LogP contribution in [-0.2, 0) is 6.54 Å². The van der Waals surface area contributed by atoms with Crippen LogP contribution in [0, 0.1) is 11.3 Å². The van der Waals surface area contributed by atoms with Gasteiger partial charge in [-0.05, 0) is 48.5 Å². The number of nitriles is 1. The molecule has 1 heterocycles. The van der Waals surface area contributed by atoms with Crippen LogP contribution in [0.15, 0.2) is 54.7 Å². The zero-order chi connectivity index (χ0) is 16.9. The minimum Gasteiger partial charge on any atom is -0.497 e. The van der Waals surface area contributed by atoms with Crippen molar-refractivity contribution in [3.05, 3.63) is 71.0 Å². The lowest BCUT2D eigenvalue weighted by molar-refractivity contribution is 0.414. The number of anilines is 1. The molecule has 0 aliphatic heterocycles. The summed E-state index contributed by atoms with van der Waals surface area (Å²) in [6.45, 7) is 0.513. The number of benzene rings is 2. The standard InChI is InChI=1S/C18H15ClN4O/c1-24-17-5-3-16(4-6-17)23-9-8-15(22-23)12-21-18-7-2-14(19)10-13(18)11-20/h2-10,21H,12H2,1H3. The van der Waals surface area contributed by atoms with Crippen molar-refractivity contribution in [1.29, 1.82) is 5.26 Å². The number of hydrogen-bond acceptors (Lipinski definition) is 4. The Hall–Kier alpha value is -2.97. The van der Waals surface area contributed by atoms with Gasteiger partial charge in [0.1, 0.15) is 11.8 Å². The third-order valence-electron chi connectivity index (χ3n) is 3.54. The Morgan fingerprint density at radius 1 is 1.21 bits per heavy atom. The van der Waals surface area contributed by atoms with Crippen LogP contribution >= 0.6 is 11.6 Å². The Labute approximate surface area is 145 Å². The molecule has 0 unspecified atom stereocenters. The van der Waals surface area contributed by atoms with E-state index in [0.717, 1.165) is 22.8 Å². The summed E-state index contributed by atoms with van der Waals surface area (Å²) >= 11 is 5.90. The smallest absolute Gasteiger partial charge is 0.119 e. The second kappa shape index (κ2) is 7.07. The minimum atomic E-state index is 0.511. The fraction of sp³-hybridized carbons (Fsp3) is 0.111. The van der Waals surface area contributed by atoms with E-state index < -0.39 is 0 Å². The fourth-order valence-corrected chi connectivity index (χ4v) is 2.46. The van der Waals surface area contributed by atoms with Gasteiger partial charge in [0.05, 0.1) is 36.3 Å². The Balaban J connectivity index is 1.71. The Kier molecular flexibility index (Phi) is 4.69. The van der Waals surface area contributed by atoms with Crippen molar-refractivity contribution in [2.24, 2.45) is 0 Å². The highest BCUT2D eigenvalue weighted by Crippen LogP contribution is 2.20. The van der Waals surface area contributed by atoms with E-state index >= 15 is 0 Å². The highest BCUT2D eigenvalue weighted by molar-refractivity contribution is 6.30. The summed E-state index contributed by atoms with van der Waals surface area (Å²) in [6.07, 6.45) is 1.89. The monoisotopic (exact) mass is 338 g/mol. The van der Waals surface area contributed by atoms with Crippen molar-refractivity contribution < 1.29 is 4.74 Å². The number of rotatable bonds is 5. The van der Waals surface area contributed by atoms with Gasteiger partial charge < -0.3 is 10.1 Å². The van der Waals surface area contributed by atoms with Crippen LogP contribution in [0.5, 0.6) is 5.75 Å². The highest BCUT2D eigenvalue weighted by Gasteiger charge is 2.05. The van der Waals surface area contributed by atoms with E-state index in [2.05, 4.69) is 16.5 Å². The molecule has 0 saturated carbocycles. The molecule has 120 valence electrons. The van der Waals surface area contributed by atoms with E-state index in [0.29, 0.717) is 17.1 Å². The lowest BCUT2D eigenvalue weighted by Crippen LogP contribution is -2.03. The molecule has 0 aliphatic carbocycles. The number of aromatic nitrogens is 2. The minimum absolute atomic E-state index is 0.511. The first-order valence-electron chi connectivity index (χ1n) is 7.32. The first-order chi connectivity index (χ1) is 11.7. The van der Waals surface area contributed by atoms with Gasteiger partial charge in [0.2, 0.25) is 0 Å². The van der Waals surface area contributed by atoms with Crippen LogP contribution in [0.25, 0.3) is 5.69 Å². The lowest BCUT2D eigenvalue weighted by Gasteiger charge is -2.07. The van der Waals surface area contributed by atoms with E-state index in [-0.39, 0.29) is 0 Å². The second-order valence-corrected chi connectivity index (χ2v) is 5.54. The van der Waals surface area contributed by atoms with Crippen molar-refractivity contribution in [3.8, 4) is 17.5 Å². The van der Waals surface area contributed by atoms with E-state index in [4.69, 9.17) is 21.6 Å². The van der Waals surface area contributed by atoms with Gasteiger partial charge in [-0.25, -0.2) is 4.68 Å². The van der Waals surface area contributed by atoms with Gasteiger partial charge in [-0.3, -0.25) is 0 Å². The van der Waals surface area contributed by atoms with Crippen LogP contribution in [0.4, 0.5) is 5.69 Å². The molecule has 0 saturated heterocycles. The second-order valence-electron chi connectivity index (χ2n) is 5.10. The van der Waals surface area contributed by atoms with Gasteiger partial charge in [-0.2, -0.15) is 10.4 Å². The molecule has 0 spiro atoms. The molecule has 0 amide bonds. The van der Waals surface area contributed by atoms with Crippen LogP contribution in [0.2, 0.25) is 5.02 Å². The topological polar surface area (TPSA) is 62.9 Å². The van der Waals surface area contributed by atoms with Gasteiger partial charge in [-0.1, -0.05) is 11.6 Å². The van der Waals surface area contributed by atoms with Gasteiger partial charge in [-0.15, -0.1) is 0 Å². The first-order valence-corrected chi connectivity index (χ1v) is 7.70. The maximum atomic E-state index is 9.16. The number of nitrogens with one attached hydrogen (secondary N) is 1. The molecule has 0 aliphatic rings. The lowest BCUT2D eigenvalue weighted by atomic mass is 10.2. The Morgan fingerprint density at radius 2 is 2.00 bits per heavy atom. The van der Waals surface area contributed by atoms with Crippen LogP contribution in [0.1, 0.15) is 11.3 Å². The molecule has 0 bridgehead atoms. The van der Waals surface area contributed by atoms with Gasteiger partial charge in [0, 0.05) is 11.2 Å². The summed E-state index contributed by atoms with van der Waals surface area (Å²) in [5.41, 5.74) is 3.06. The molecular weight excluding hydrogens is 324 g/mol. The maximum Gasteiger partial charge on any atom is 0.119 e. The predicted octanol–water partition coefficient (Wildman–Crippen LogP) is 4.02. The number of halogens is 1. The molecule has 24 heavy (non-hydrogen) atoms. The number of methoxy groups -OCH3 is 1. The summed E-state index contributed by atoms with van der Waals surface area (Å²) < 4.78 is 6.95. The Morgan fingerprint density at radius 3 is 2.71 bits per heavy atom. The predicted molar refractivity (Wildman–Crippen MR) is 93.6 cm³/mol. The molecular formula is C18H15ClN4O. The molecule has 5 nitrogen and oxygen atoms in total. The van der Waals surface area contributed by atoms with Gasteiger partial charge in [0.25, 0.3) is 0 Å². The third kappa shape index (κ3) is 3.50. The summed E-state index contributed by atoms with van der Waals surface area (Å²) in [5.74, 6) is 0.805. The van der Waals surface area contributed by atoms with Crippen LogP contribution in [-0.4, -0.2) is 16.9 Å². The average Bonchev–Trinajstić information content (AvgIpc) is 3.09. The average molecular weight is 339 g/mol. The van der Waals surface area contributed by atoms with E-state index in [1.54, 1.807) is 30.0 Å². The van der Waals surface area contributed by atoms with Crippen LogP contribution < -0.4 is 10.1 Å². The number of ether oxygens (including phenoxy) is 1. The largest absolute Gasteiger partial charge is 0.497 e. The van der Waals surface area contributed by atoms with Crippen molar-refractivity contribution >= 4 is 17.3 Å². The summed E-state index contributed by atoms with van der Waals surface area (Å²) in [4.78, 5) is 0. The molecule has 1 N–H and O–H groups in total.